The summed E-state index contributed by atoms with van der Waals surface area (Å²) in [5, 5.41) is 26.5. The van der Waals surface area contributed by atoms with Crippen molar-refractivity contribution in [2.24, 2.45) is 5.73 Å². The van der Waals surface area contributed by atoms with Gasteiger partial charge in [0, 0.05) is 0 Å². The highest BCUT2D eigenvalue weighted by Gasteiger charge is 2.36. The predicted octanol–water partition coefficient (Wildman–Crippen LogP) is -1.00. The van der Waals surface area contributed by atoms with Crippen LogP contribution in [0.2, 0.25) is 0 Å². The fourth-order valence-electron chi connectivity index (χ4n) is 1.54. The van der Waals surface area contributed by atoms with Crippen LogP contribution < -0.4 is 5.73 Å². The molecule has 1 aromatic rings. The molecule has 0 aromatic heterocycles. The zero-order valence-electron chi connectivity index (χ0n) is 10.9. The summed E-state index contributed by atoms with van der Waals surface area (Å²) in [5.74, 6) is -4.69. The van der Waals surface area contributed by atoms with E-state index in [-0.39, 0.29) is 6.42 Å². The summed E-state index contributed by atoms with van der Waals surface area (Å²) in [5.41, 5.74) is 6.31. The van der Waals surface area contributed by atoms with Crippen molar-refractivity contribution in [3.05, 3.63) is 35.9 Å². The number of aliphatic hydroxyl groups is 1. The van der Waals surface area contributed by atoms with Gasteiger partial charge in [-0.05, 0) is 12.0 Å². The van der Waals surface area contributed by atoms with Crippen LogP contribution in [0.3, 0.4) is 0 Å². The standard InChI is InChI=1S/C13H15NO7/c14-8(6-7-4-2-1-3-5-7)13(20)21-10(12(18)19)9(15)11(16)17/h1-5,8-10,15H,6,14H2,(H,16,17)(H,18,19)/t8-,9?,10?/m1/s1. The van der Waals surface area contributed by atoms with Gasteiger partial charge in [-0.15, -0.1) is 0 Å². The Morgan fingerprint density at radius 2 is 1.67 bits per heavy atom. The molecule has 114 valence electrons. The molecule has 0 saturated carbocycles. The van der Waals surface area contributed by atoms with Gasteiger partial charge in [-0.25, -0.2) is 9.59 Å². The number of hydrogen-bond donors (Lipinski definition) is 4. The molecule has 0 aliphatic carbocycles. The second kappa shape index (κ2) is 7.36. The zero-order valence-corrected chi connectivity index (χ0v) is 10.9. The molecule has 0 aliphatic heterocycles. The molecule has 21 heavy (non-hydrogen) atoms. The van der Waals surface area contributed by atoms with Crippen LogP contribution in [0.1, 0.15) is 5.56 Å². The topological polar surface area (TPSA) is 147 Å². The number of carbonyl (C=O) groups is 3. The number of carboxylic acid groups (broad SMARTS) is 2. The number of ether oxygens (including phenoxy) is 1. The van der Waals surface area contributed by atoms with Gasteiger partial charge in [0.2, 0.25) is 6.10 Å². The van der Waals surface area contributed by atoms with E-state index in [1.807, 2.05) is 0 Å². The molecule has 1 rings (SSSR count). The second-order valence-corrected chi connectivity index (χ2v) is 4.28. The minimum Gasteiger partial charge on any atom is -0.479 e. The fourth-order valence-corrected chi connectivity index (χ4v) is 1.54. The first kappa shape index (κ1) is 16.6. The molecule has 0 aliphatic rings. The van der Waals surface area contributed by atoms with Crippen LogP contribution >= 0.6 is 0 Å². The Morgan fingerprint density at radius 3 is 2.14 bits per heavy atom. The Kier molecular flexibility index (Phi) is 5.82. The van der Waals surface area contributed by atoms with Gasteiger partial charge in [0.15, 0.2) is 6.10 Å². The van der Waals surface area contributed by atoms with Crippen molar-refractivity contribution in [3.8, 4) is 0 Å². The Bertz CT molecular complexity index is 517. The van der Waals surface area contributed by atoms with Gasteiger partial charge in [0.05, 0.1) is 0 Å². The maximum Gasteiger partial charge on any atom is 0.348 e. The molecular formula is C13H15NO7. The first-order chi connectivity index (χ1) is 9.82. The maximum atomic E-state index is 11.7. The van der Waals surface area contributed by atoms with E-state index in [2.05, 4.69) is 4.74 Å². The highest BCUT2D eigenvalue weighted by atomic mass is 16.6. The van der Waals surface area contributed by atoms with E-state index in [1.165, 1.54) is 0 Å². The summed E-state index contributed by atoms with van der Waals surface area (Å²) in [7, 11) is 0. The lowest BCUT2D eigenvalue weighted by Crippen LogP contribution is -2.46. The van der Waals surface area contributed by atoms with E-state index in [0.717, 1.165) is 5.56 Å². The van der Waals surface area contributed by atoms with Gasteiger partial charge >= 0.3 is 17.9 Å². The molecule has 2 unspecified atom stereocenters. The molecule has 0 radical (unpaired) electrons. The number of rotatable bonds is 7. The van der Waals surface area contributed by atoms with Crippen molar-refractivity contribution in [2.75, 3.05) is 0 Å². The van der Waals surface area contributed by atoms with E-state index in [9.17, 15) is 19.5 Å². The zero-order chi connectivity index (χ0) is 16.0. The van der Waals surface area contributed by atoms with Crippen LogP contribution in [0, 0.1) is 0 Å². The van der Waals surface area contributed by atoms with Gasteiger partial charge in [-0.3, -0.25) is 4.79 Å². The minimum absolute atomic E-state index is 0.0924. The van der Waals surface area contributed by atoms with E-state index in [4.69, 9.17) is 15.9 Å². The summed E-state index contributed by atoms with van der Waals surface area (Å²) < 4.78 is 4.47. The Balaban J connectivity index is 2.69. The molecular weight excluding hydrogens is 282 g/mol. The average molecular weight is 297 g/mol. The van der Waals surface area contributed by atoms with Crippen molar-refractivity contribution in [2.45, 2.75) is 24.7 Å². The van der Waals surface area contributed by atoms with Crippen LogP contribution in [0.5, 0.6) is 0 Å². The summed E-state index contributed by atoms with van der Waals surface area (Å²) in [6, 6.07) is 7.51. The molecule has 0 bridgehead atoms. The van der Waals surface area contributed by atoms with Crippen molar-refractivity contribution >= 4 is 17.9 Å². The molecule has 5 N–H and O–H groups in total. The third-order valence-electron chi connectivity index (χ3n) is 2.63. The van der Waals surface area contributed by atoms with Gasteiger partial charge in [0.1, 0.15) is 6.04 Å². The third kappa shape index (κ3) is 4.86. The third-order valence-corrected chi connectivity index (χ3v) is 2.63. The number of hydrogen-bond acceptors (Lipinski definition) is 6. The van der Waals surface area contributed by atoms with E-state index < -0.39 is 36.2 Å². The number of benzene rings is 1. The van der Waals surface area contributed by atoms with Gasteiger partial charge in [-0.2, -0.15) is 0 Å². The van der Waals surface area contributed by atoms with Crippen LogP contribution in [0.25, 0.3) is 0 Å². The van der Waals surface area contributed by atoms with Crippen molar-refractivity contribution < 1.29 is 34.4 Å². The monoisotopic (exact) mass is 297 g/mol. The number of aliphatic carboxylic acids is 2. The lowest BCUT2D eigenvalue weighted by Gasteiger charge is -2.19. The molecule has 0 spiro atoms. The van der Waals surface area contributed by atoms with Crippen LogP contribution in [-0.4, -0.2) is 51.5 Å². The Labute approximate surface area is 119 Å². The largest absolute Gasteiger partial charge is 0.479 e. The summed E-state index contributed by atoms with van der Waals surface area (Å²) in [6.45, 7) is 0. The van der Waals surface area contributed by atoms with Gasteiger partial charge < -0.3 is 25.8 Å². The SMILES string of the molecule is N[C@H](Cc1ccccc1)C(=O)OC(C(=O)O)C(O)C(=O)O. The van der Waals surface area contributed by atoms with E-state index >= 15 is 0 Å². The molecule has 3 atom stereocenters. The number of carbonyl (C=O) groups excluding carboxylic acids is 1. The average Bonchev–Trinajstić information content (AvgIpc) is 2.44. The number of aliphatic hydroxyl groups excluding tert-OH is 1. The molecule has 8 nitrogen and oxygen atoms in total. The highest BCUT2D eigenvalue weighted by molar-refractivity contribution is 5.86. The molecule has 0 saturated heterocycles. The lowest BCUT2D eigenvalue weighted by molar-refractivity contribution is -0.179. The van der Waals surface area contributed by atoms with Crippen molar-refractivity contribution in [3.63, 3.8) is 0 Å². The van der Waals surface area contributed by atoms with Crippen molar-refractivity contribution in [1.29, 1.82) is 0 Å². The minimum atomic E-state index is -2.37. The summed E-state index contributed by atoms with van der Waals surface area (Å²) in [4.78, 5) is 33.0. The first-order valence-electron chi connectivity index (χ1n) is 5.96. The molecule has 1 aromatic carbocycles. The lowest BCUT2D eigenvalue weighted by atomic mass is 10.1. The van der Waals surface area contributed by atoms with Gasteiger partial charge in [-0.1, -0.05) is 30.3 Å². The highest BCUT2D eigenvalue weighted by Crippen LogP contribution is 2.07. The van der Waals surface area contributed by atoms with Gasteiger partial charge in [0.25, 0.3) is 0 Å². The number of carboxylic acids is 2. The molecule has 0 heterocycles. The predicted molar refractivity (Wildman–Crippen MR) is 69.3 cm³/mol. The quantitative estimate of drug-likeness (QED) is 0.468. The molecule has 0 amide bonds. The van der Waals surface area contributed by atoms with E-state index in [1.54, 1.807) is 30.3 Å². The number of esters is 1. The maximum absolute atomic E-state index is 11.7. The van der Waals surface area contributed by atoms with Crippen LogP contribution in [0.4, 0.5) is 0 Å². The van der Waals surface area contributed by atoms with E-state index in [0.29, 0.717) is 0 Å². The van der Waals surface area contributed by atoms with Crippen LogP contribution in [0.15, 0.2) is 30.3 Å². The summed E-state index contributed by atoms with van der Waals surface area (Å²) >= 11 is 0. The second-order valence-electron chi connectivity index (χ2n) is 4.28. The van der Waals surface area contributed by atoms with Crippen LogP contribution in [-0.2, 0) is 25.5 Å². The molecule has 8 heteroatoms. The normalized spacial score (nSPS) is 14.8. The Morgan fingerprint density at radius 1 is 1.10 bits per heavy atom. The smallest absolute Gasteiger partial charge is 0.348 e. The fraction of sp³-hybridized carbons (Fsp3) is 0.308. The molecule has 0 fully saturated rings. The summed E-state index contributed by atoms with van der Waals surface area (Å²) in [6.07, 6.45) is -4.48. The first-order valence-corrected chi connectivity index (χ1v) is 5.96. The van der Waals surface area contributed by atoms with Crippen molar-refractivity contribution in [1.82, 2.24) is 0 Å². The Hall–Kier alpha value is -2.45. The number of nitrogens with two attached hydrogens (primary N) is 1.